The van der Waals surface area contributed by atoms with Crippen molar-refractivity contribution in [2.24, 2.45) is 5.92 Å². The van der Waals surface area contributed by atoms with E-state index in [4.69, 9.17) is 5.73 Å². The van der Waals surface area contributed by atoms with Crippen LogP contribution in [0.1, 0.15) is 38.1 Å². The zero-order valence-corrected chi connectivity index (χ0v) is 11.1. The maximum Gasteiger partial charge on any atom is 0.115 e. The minimum atomic E-state index is 0.203. The highest BCUT2D eigenvalue weighted by molar-refractivity contribution is 5.77. The van der Waals surface area contributed by atoms with Crippen molar-refractivity contribution in [3.8, 4) is 0 Å². The van der Waals surface area contributed by atoms with Crippen LogP contribution in [0.5, 0.6) is 0 Å². The van der Waals surface area contributed by atoms with E-state index in [1.54, 1.807) is 0 Å². The molecule has 0 saturated heterocycles. The Kier molecular flexibility index (Phi) is 3.23. The van der Waals surface area contributed by atoms with Crippen molar-refractivity contribution in [2.75, 3.05) is 5.73 Å². The van der Waals surface area contributed by atoms with E-state index >= 15 is 0 Å². The summed E-state index contributed by atoms with van der Waals surface area (Å²) in [7, 11) is 0. The minimum absolute atomic E-state index is 0.203. The number of fused-ring (bicyclic) bond motifs is 1. The van der Waals surface area contributed by atoms with Crippen molar-refractivity contribution in [3.63, 3.8) is 0 Å². The maximum atomic E-state index is 5.79. The van der Waals surface area contributed by atoms with Crippen LogP contribution in [0, 0.1) is 5.92 Å². The molecule has 1 heterocycles. The molecule has 1 aromatic carbocycles. The van der Waals surface area contributed by atoms with Gasteiger partial charge in [0.1, 0.15) is 11.0 Å². The zero-order chi connectivity index (χ0) is 13.2. The topological polar surface area (TPSA) is 56.7 Å². The predicted molar refractivity (Wildman–Crippen MR) is 77.7 cm³/mol. The molecule has 0 radical (unpaired) electrons. The van der Waals surface area contributed by atoms with Gasteiger partial charge in [0.15, 0.2) is 0 Å². The highest BCUT2D eigenvalue weighted by Gasteiger charge is 2.24. The Hall–Kier alpha value is -1.84. The van der Waals surface area contributed by atoms with Crippen LogP contribution in [-0.2, 0) is 0 Å². The highest BCUT2D eigenvalue weighted by atomic mass is 15.5. The van der Waals surface area contributed by atoms with Gasteiger partial charge in [-0.05, 0) is 37.0 Å². The predicted octanol–water partition coefficient (Wildman–Crippen LogP) is 3.32. The number of allylic oxidation sites excluding steroid dienone is 1. The number of nitrogen functional groups attached to an aromatic ring is 1. The summed E-state index contributed by atoms with van der Waals surface area (Å²) in [5, 5.41) is 9.15. The third kappa shape index (κ3) is 2.35. The minimum Gasteiger partial charge on any atom is -0.399 e. The average molecular weight is 256 g/mol. The molecule has 1 aromatic heterocycles. The van der Waals surface area contributed by atoms with Crippen LogP contribution >= 0.6 is 0 Å². The fourth-order valence-corrected chi connectivity index (χ4v) is 3.03. The number of rotatable bonds is 3. The van der Waals surface area contributed by atoms with E-state index < -0.39 is 0 Å². The monoisotopic (exact) mass is 256 g/mol. The summed E-state index contributed by atoms with van der Waals surface area (Å²) in [5.41, 5.74) is 8.28. The molecule has 0 amide bonds. The van der Waals surface area contributed by atoms with Crippen LogP contribution in [0.4, 0.5) is 5.69 Å². The highest BCUT2D eigenvalue weighted by Crippen LogP contribution is 2.33. The number of aromatic nitrogens is 3. The van der Waals surface area contributed by atoms with Crippen molar-refractivity contribution in [1.82, 2.24) is 15.0 Å². The first kappa shape index (κ1) is 12.2. The van der Waals surface area contributed by atoms with Crippen molar-refractivity contribution in [1.29, 1.82) is 0 Å². The van der Waals surface area contributed by atoms with Gasteiger partial charge in [-0.2, -0.15) is 15.0 Å². The molecule has 0 spiro atoms. The molecule has 0 bridgehead atoms. The SMILES string of the molecule is C=CC(C1CCCCC1)n1nc2ccc(N)cc2n1. The molecule has 1 aliphatic rings. The standard InChI is InChI=1S/C15H20N4/c1-2-15(11-6-4-3-5-7-11)19-17-13-9-8-12(16)10-14(13)18-19/h2,8-11,15H,1,3-7,16H2. The lowest BCUT2D eigenvalue weighted by Gasteiger charge is -2.27. The smallest absolute Gasteiger partial charge is 0.115 e. The first-order chi connectivity index (χ1) is 9.28. The van der Waals surface area contributed by atoms with Crippen molar-refractivity contribution in [3.05, 3.63) is 30.9 Å². The quantitative estimate of drug-likeness (QED) is 0.677. The Morgan fingerprint density at radius 1 is 1.21 bits per heavy atom. The van der Waals surface area contributed by atoms with Crippen LogP contribution in [0.15, 0.2) is 30.9 Å². The molecular weight excluding hydrogens is 236 g/mol. The molecule has 3 rings (SSSR count). The van der Waals surface area contributed by atoms with Gasteiger partial charge in [0.2, 0.25) is 0 Å². The summed E-state index contributed by atoms with van der Waals surface area (Å²) in [6.07, 6.45) is 8.45. The van der Waals surface area contributed by atoms with Gasteiger partial charge in [-0.15, -0.1) is 6.58 Å². The Balaban J connectivity index is 1.94. The second-order valence-electron chi connectivity index (χ2n) is 5.39. The normalized spacial score (nSPS) is 18.5. The molecule has 4 heteroatoms. The van der Waals surface area contributed by atoms with Gasteiger partial charge < -0.3 is 5.73 Å². The largest absolute Gasteiger partial charge is 0.399 e. The maximum absolute atomic E-state index is 5.79. The molecule has 100 valence electrons. The van der Waals surface area contributed by atoms with Gasteiger partial charge in [-0.1, -0.05) is 25.3 Å². The zero-order valence-electron chi connectivity index (χ0n) is 11.1. The van der Waals surface area contributed by atoms with Crippen LogP contribution < -0.4 is 5.73 Å². The van der Waals surface area contributed by atoms with E-state index in [9.17, 15) is 0 Å². The van der Waals surface area contributed by atoms with Gasteiger partial charge in [0.25, 0.3) is 0 Å². The second kappa shape index (κ2) is 5.03. The summed E-state index contributed by atoms with van der Waals surface area (Å²) in [4.78, 5) is 1.83. The molecule has 1 saturated carbocycles. The lowest BCUT2D eigenvalue weighted by atomic mass is 9.84. The van der Waals surface area contributed by atoms with Gasteiger partial charge in [-0.25, -0.2) is 0 Å². The average Bonchev–Trinajstić information content (AvgIpc) is 2.83. The number of nitrogens with two attached hydrogens (primary N) is 1. The Morgan fingerprint density at radius 2 is 1.95 bits per heavy atom. The van der Waals surface area contributed by atoms with Gasteiger partial charge in [-0.3, -0.25) is 0 Å². The Morgan fingerprint density at radius 3 is 2.68 bits per heavy atom. The number of anilines is 1. The molecular formula is C15H20N4. The van der Waals surface area contributed by atoms with E-state index in [1.807, 2.05) is 29.1 Å². The summed E-state index contributed by atoms with van der Waals surface area (Å²) in [6.45, 7) is 3.97. The number of hydrogen-bond acceptors (Lipinski definition) is 3. The summed E-state index contributed by atoms with van der Waals surface area (Å²) in [6, 6.07) is 5.87. The van der Waals surface area contributed by atoms with E-state index in [0.717, 1.165) is 16.7 Å². The Labute approximate surface area is 113 Å². The summed E-state index contributed by atoms with van der Waals surface area (Å²) < 4.78 is 0. The fraction of sp³-hybridized carbons (Fsp3) is 0.467. The van der Waals surface area contributed by atoms with Crippen molar-refractivity contribution >= 4 is 16.7 Å². The molecule has 1 fully saturated rings. The first-order valence-electron chi connectivity index (χ1n) is 7.02. The van der Waals surface area contributed by atoms with Gasteiger partial charge >= 0.3 is 0 Å². The van der Waals surface area contributed by atoms with Crippen LogP contribution in [0.25, 0.3) is 11.0 Å². The van der Waals surface area contributed by atoms with Crippen LogP contribution in [-0.4, -0.2) is 15.0 Å². The van der Waals surface area contributed by atoms with E-state index in [-0.39, 0.29) is 6.04 Å². The molecule has 2 N–H and O–H groups in total. The van der Waals surface area contributed by atoms with Crippen LogP contribution in [0.3, 0.4) is 0 Å². The molecule has 1 atom stereocenters. The van der Waals surface area contributed by atoms with E-state index in [1.165, 1.54) is 32.1 Å². The third-order valence-electron chi connectivity index (χ3n) is 4.06. The Bertz CT molecular complexity index is 581. The number of hydrogen-bond donors (Lipinski definition) is 1. The molecule has 4 nitrogen and oxygen atoms in total. The molecule has 1 aliphatic carbocycles. The summed E-state index contributed by atoms with van der Waals surface area (Å²) in [5.74, 6) is 0.616. The van der Waals surface area contributed by atoms with Crippen molar-refractivity contribution in [2.45, 2.75) is 38.1 Å². The van der Waals surface area contributed by atoms with Crippen molar-refractivity contribution < 1.29 is 0 Å². The van der Waals surface area contributed by atoms with Gasteiger partial charge in [0, 0.05) is 5.69 Å². The van der Waals surface area contributed by atoms with Gasteiger partial charge in [0.05, 0.1) is 6.04 Å². The molecule has 0 aliphatic heterocycles. The second-order valence-corrected chi connectivity index (χ2v) is 5.39. The third-order valence-corrected chi connectivity index (χ3v) is 4.06. The lowest BCUT2D eigenvalue weighted by Crippen LogP contribution is -2.22. The first-order valence-corrected chi connectivity index (χ1v) is 7.02. The molecule has 1 unspecified atom stereocenters. The lowest BCUT2D eigenvalue weighted by molar-refractivity contribution is 0.258. The fourth-order valence-electron chi connectivity index (χ4n) is 3.03. The molecule has 2 aromatic rings. The number of benzene rings is 1. The van der Waals surface area contributed by atoms with E-state index in [2.05, 4.69) is 16.8 Å². The van der Waals surface area contributed by atoms with E-state index in [0.29, 0.717) is 5.92 Å². The molecule has 19 heavy (non-hydrogen) atoms. The number of nitrogens with zero attached hydrogens (tertiary/aromatic N) is 3. The summed E-state index contributed by atoms with van der Waals surface area (Å²) >= 11 is 0. The van der Waals surface area contributed by atoms with Crippen LogP contribution in [0.2, 0.25) is 0 Å².